The van der Waals surface area contributed by atoms with E-state index in [9.17, 15) is 4.79 Å². The summed E-state index contributed by atoms with van der Waals surface area (Å²) in [5, 5.41) is 8.16. The lowest BCUT2D eigenvalue weighted by Crippen LogP contribution is -2.42. The molecule has 0 fully saturated rings. The minimum absolute atomic E-state index is 0.110. The molecule has 26 heavy (non-hydrogen) atoms. The monoisotopic (exact) mass is 357 g/mol. The minimum Gasteiger partial charge on any atom is -0.497 e. The maximum Gasteiger partial charge on any atom is 0.343 e. The topological polar surface area (TPSA) is 65.4 Å². The Morgan fingerprint density at radius 1 is 1.42 bits per heavy atom. The van der Waals surface area contributed by atoms with Crippen molar-refractivity contribution in [3.8, 4) is 0 Å². The number of carbonyl (C=O) groups is 1. The number of ether oxygens (including phenoxy) is 2. The molecule has 0 saturated heterocycles. The molecule has 2 aliphatic rings. The summed E-state index contributed by atoms with van der Waals surface area (Å²) in [7, 11) is 1.67. The summed E-state index contributed by atoms with van der Waals surface area (Å²) in [5.74, 6) is 1.25. The lowest BCUT2D eigenvalue weighted by atomic mass is 9.87. The smallest absolute Gasteiger partial charge is 0.343 e. The predicted octanol–water partition coefficient (Wildman–Crippen LogP) is 3.70. The zero-order valence-corrected chi connectivity index (χ0v) is 16.1. The quantitative estimate of drug-likeness (QED) is 0.832. The van der Waals surface area contributed by atoms with E-state index in [1.807, 2.05) is 30.7 Å². The first kappa shape index (κ1) is 18.3. The number of rotatable bonds is 4. The molecular weight excluding hydrogens is 330 g/mol. The summed E-state index contributed by atoms with van der Waals surface area (Å²) in [5.41, 5.74) is 2.26. The molecule has 1 aliphatic carbocycles. The summed E-state index contributed by atoms with van der Waals surface area (Å²) in [6.07, 6.45) is 9.88. The third kappa shape index (κ3) is 3.28. The molecule has 0 saturated carbocycles. The standard InChI is InChI=1S/C20H27N3O3/c1-6-26-19(24)17-13(2)22-23-18(17)21-16(12-20(23,3)4)14-8-7-9-15(25-5)11-10-14/h7,9-11,16,21H,6,8,12H2,1-5H3. The Kier molecular flexibility index (Phi) is 4.94. The lowest BCUT2D eigenvalue weighted by Gasteiger charge is -2.39. The number of nitrogens with zero attached hydrogens (tertiary/aromatic N) is 2. The lowest BCUT2D eigenvalue weighted by molar-refractivity contribution is 0.0526. The van der Waals surface area contributed by atoms with Crippen molar-refractivity contribution < 1.29 is 14.3 Å². The molecule has 140 valence electrons. The third-order valence-corrected chi connectivity index (χ3v) is 4.91. The zero-order valence-electron chi connectivity index (χ0n) is 16.1. The number of aryl methyl sites for hydroxylation is 1. The average Bonchev–Trinajstić information content (AvgIpc) is 2.78. The van der Waals surface area contributed by atoms with Crippen LogP contribution < -0.4 is 5.32 Å². The fourth-order valence-electron chi connectivity index (χ4n) is 3.59. The molecule has 6 heteroatoms. The highest BCUT2D eigenvalue weighted by Gasteiger charge is 2.38. The van der Waals surface area contributed by atoms with E-state index in [0.29, 0.717) is 17.9 Å². The van der Waals surface area contributed by atoms with Gasteiger partial charge in [-0.1, -0.05) is 12.2 Å². The number of fused-ring (bicyclic) bond motifs is 1. The van der Waals surface area contributed by atoms with E-state index in [4.69, 9.17) is 9.47 Å². The van der Waals surface area contributed by atoms with E-state index in [1.165, 1.54) is 5.57 Å². The van der Waals surface area contributed by atoms with Crippen molar-refractivity contribution in [2.75, 3.05) is 19.0 Å². The second-order valence-electron chi connectivity index (χ2n) is 7.28. The van der Waals surface area contributed by atoms with Crippen LogP contribution in [0, 0.1) is 6.92 Å². The number of hydrogen-bond donors (Lipinski definition) is 1. The van der Waals surface area contributed by atoms with Crippen molar-refractivity contribution in [3.05, 3.63) is 46.9 Å². The molecule has 1 atom stereocenters. The summed E-state index contributed by atoms with van der Waals surface area (Å²) < 4.78 is 12.5. The number of nitrogens with one attached hydrogen (secondary N) is 1. The Morgan fingerprint density at radius 3 is 2.88 bits per heavy atom. The summed E-state index contributed by atoms with van der Waals surface area (Å²) >= 11 is 0. The summed E-state index contributed by atoms with van der Waals surface area (Å²) in [6.45, 7) is 8.30. The van der Waals surface area contributed by atoms with Gasteiger partial charge in [0, 0.05) is 0 Å². The fourth-order valence-corrected chi connectivity index (χ4v) is 3.59. The van der Waals surface area contributed by atoms with Gasteiger partial charge in [0.1, 0.15) is 17.1 Å². The Balaban J connectivity index is 1.99. The van der Waals surface area contributed by atoms with Crippen molar-refractivity contribution >= 4 is 11.8 Å². The number of hydrogen-bond acceptors (Lipinski definition) is 5. The molecule has 0 spiro atoms. The van der Waals surface area contributed by atoms with Gasteiger partial charge in [0.05, 0.1) is 31.0 Å². The van der Waals surface area contributed by atoms with Gasteiger partial charge in [-0.05, 0) is 58.3 Å². The SMILES string of the molecule is CCOC(=O)c1c(C)nn2c1NC(C1=CC=C(OC)C=CC1)CC2(C)C. The number of aromatic nitrogens is 2. The maximum atomic E-state index is 12.5. The van der Waals surface area contributed by atoms with Crippen molar-refractivity contribution in [2.24, 2.45) is 0 Å². The van der Waals surface area contributed by atoms with Crippen LogP contribution in [-0.4, -0.2) is 35.5 Å². The van der Waals surface area contributed by atoms with Gasteiger partial charge in [0.2, 0.25) is 0 Å². The van der Waals surface area contributed by atoms with Crippen LogP contribution in [0.2, 0.25) is 0 Å². The van der Waals surface area contributed by atoms with Crippen LogP contribution in [0.15, 0.2) is 35.6 Å². The molecule has 2 heterocycles. The highest BCUT2D eigenvalue weighted by Crippen LogP contribution is 2.38. The third-order valence-electron chi connectivity index (χ3n) is 4.91. The molecular formula is C20H27N3O3. The first-order valence-electron chi connectivity index (χ1n) is 9.02. The van der Waals surface area contributed by atoms with Crippen LogP contribution in [0.4, 0.5) is 5.82 Å². The van der Waals surface area contributed by atoms with Gasteiger partial charge in [-0.2, -0.15) is 5.10 Å². The van der Waals surface area contributed by atoms with Crippen LogP contribution in [0.5, 0.6) is 0 Å². The number of allylic oxidation sites excluding steroid dienone is 4. The van der Waals surface area contributed by atoms with Crippen LogP contribution in [0.25, 0.3) is 0 Å². The normalized spacial score (nSPS) is 21.0. The number of carbonyl (C=O) groups excluding carboxylic acids is 1. The zero-order chi connectivity index (χ0) is 18.9. The van der Waals surface area contributed by atoms with E-state index in [2.05, 4.69) is 36.4 Å². The maximum absolute atomic E-state index is 12.5. The molecule has 1 aromatic rings. The molecule has 6 nitrogen and oxygen atoms in total. The first-order chi connectivity index (χ1) is 12.4. The fraction of sp³-hybridized carbons (Fsp3) is 0.500. The molecule has 1 aromatic heterocycles. The summed E-state index contributed by atoms with van der Waals surface area (Å²) in [6, 6.07) is 0.110. The van der Waals surface area contributed by atoms with Gasteiger partial charge >= 0.3 is 5.97 Å². The number of anilines is 1. The highest BCUT2D eigenvalue weighted by molar-refractivity contribution is 5.96. The minimum atomic E-state index is -0.327. The van der Waals surface area contributed by atoms with E-state index in [1.54, 1.807) is 7.11 Å². The van der Waals surface area contributed by atoms with Crippen molar-refractivity contribution in [3.63, 3.8) is 0 Å². The Bertz CT molecular complexity index is 799. The van der Waals surface area contributed by atoms with Crippen LogP contribution in [0.1, 0.15) is 49.7 Å². The average molecular weight is 357 g/mol. The van der Waals surface area contributed by atoms with E-state index in [0.717, 1.165) is 24.4 Å². The molecule has 3 rings (SSSR count). The Morgan fingerprint density at radius 2 is 2.19 bits per heavy atom. The molecule has 1 aliphatic heterocycles. The van der Waals surface area contributed by atoms with E-state index < -0.39 is 0 Å². The van der Waals surface area contributed by atoms with Gasteiger partial charge in [-0.3, -0.25) is 0 Å². The van der Waals surface area contributed by atoms with Crippen molar-refractivity contribution in [2.45, 2.75) is 52.1 Å². The van der Waals surface area contributed by atoms with Crippen LogP contribution >= 0.6 is 0 Å². The van der Waals surface area contributed by atoms with Gasteiger partial charge < -0.3 is 14.8 Å². The molecule has 0 aromatic carbocycles. The largest absolute Gasteiger partial charge is 0.497 e. The van der Waals surface area contributed by atoms with Gasteiger partial charge in [0.15, 0.2) is 0 Å². The van der Waals surface area contributed by atoms with E-state index >= 15 is 0 Å². The van der Waals surface area contributed by atoms with Crippen LogP contribution in [0.3, 0.4) is 0 Å². The number of methoxy groups -OCH3 is 1. The first-order valence-corrected chi connectivity index (χ1v) is 9.02. The highest BCUT2D eigenvalue weighted by atomic mass is 16.5. The van der Waals surface area contributed by atoms with Crippen LogP contribution in [-0.2, 0) is 15.0 Å². The second-order valence-corrected chi connectivity index (χ2v) is 7.28. The molecule has 1 N–H and O–H groups in total. The summed E-state index contributed by atoms with van der Waals surface area (Å²) in [4.78, 5) is 12.5. The molecule has 1 unspecified atom stereocenters. The molecule has 0 radical (unpaired) electrons. The molecule has 0 bridgehead atoms. The second kappa shape index (κ2) is 7.02. The molecule has 0 amide bonds. The Labute approximate surface area is 154 Å². The Hall–Kier alpha value is -2.50. The predicted molar refractivity (Wildman–Crippen MR) is 101 cm³/mol. The van der Waals surface area contributed by atoms with Crippen molar-refractivity contribution in [1.82, 2.24) is 9.78 Å². The van der Waals surface area contributed by atoms with E-state index in [-0.39, 0.29) is 17.6 Å². The number of esters is 1. The van der Waals surface area contributed by atoms with Gasteiger partial charge in [-0.25, -0.2) is 9.48 Å². The van der Waals surface area contributed by atoms with Gasteiger partial charge in [0.25, 0.3) is 0 Å². The van der Waals surface area contributed by atoms with Gasteiger partial charge in [-0.15, -0.1) is 0 Å². The van der Waals surface area contributed by atoms with Crippen molar-refractivity contribution in [1.29, 1.82) is 0 Å².